The topological polar surface area (TPSA) is 61.4 Å². The van der Waals surface area contributed by atoms with E-state index in [9.17, 15) is 9.59 Å². The maximum Gasteiger partial charge on any atom is 0.246 e. The second kappa shape index (κ2) is 9.43. The van der Waals surface area contributed by atoms with Crippen molar-refractivity contribution in [2.75, 3.05) is 23.3 Å². The first kappa shape index (κ1) is 21.9. The van der Waals surface area contributed by atoms with Crippen molar-refractivity contribution >= 4 is 39.1 Å². The van der Waals surface area contributed by atoms with Gasteiger partial charge in [-0.1, -0.05) is 47.5 Å². The molecule has 2 aromatic rings. The Hall–Kier alpha value is -2.34. The number of carbonyl (C=O) groups is 2. The van der Waals surface area contributed by atoms with E-state index in [-0.39, 0.29) is 11.8 Å². The van der Waals surface area contributed by atoms with E-state index in [4.69, 9.17) is 0 Å². The molecule has 1 saturated carbocycles. The first-order chi connectivity index (χ1) is 15.0. The second-order valence-electron chi connectivity index (χ2n) is 8.64. The molecule has 4 rings (SSSR count). The maximum absolute atomic E-state index is 13.2. The molecule has 0 bridgehead atoms. The van der Waals surface area contributed by atoms with Crippen molar-refractivity contribution in [1.29, 1.82) is 0 Å². The van der Waals surface area contributed by atoms with Crippen molar-refractivity contribution in [2.45, 2.75) is 56.9 Å². The van der Waals surface area contributed by atoms with Crippen LogP contribution in [0.3, 0.4) is 0 Å². The van der Waals surface area contributed by atoms with Gasteiger partial charge in [0.2, 0.25) is 11.8 Å². The van der Waals surface area contributed by atoms with Gasteiger partial charge in [-0.25, -0.2) is 0 Å². The number of rotatable bonds is 8. The van der Waals surface area contributed by atoms with E-state index in [2.05, 4.69) is 37.5 Å². The summed E-state index contributed by atoms with van der Waals surface area (Å²) in [5, 5.41) is 6.08. The number of amides is 2. The molecule has 2 aliphatic rings. The summed E-state index contributed by atoms with van der Waals surface area (Å²) in [4.78, 5) is 28.6. The number of carbonyl (C=O) groups excluding carboxylic acids is 2. The molecule has 0 spiro atoms. The molecule has 0 aromatic heterocycles. The van der Waals surface area contributed by atoms with Gasteiger partial charge in [-0.05, 0) is 68.0 Å². The summed E-state index contributed by atoms with van der Waals surface area (Å²) in [6, 6.07) is 15.4. The van der Waals surface area contributed by atoms with E-state index >= 15 is 0 Å². The van der Waals surface area contributed by atoms with Gasteiger partial charge in [0.1, 0.15) is 6.04 Å². The molecule has 2 amide bonds. The van der Waals surface area contributed by atoms with Crippen LogP contribution in [0.25, 0.3) is 0 Å². The summed E-state index contributed by atoms with van der Waals surface area (Å²) in [6.45, 7) is 4.15. The van der Waals surface area contributed by atoms with Gasteiger partial charge in [0.05, 0.1) is 5.41 Å². The van der Waals surface area contributed by atoms with Crippen LogP contribution in [0, 0.1) is 0 Å². The predicted molar refractivity (Wildman–Crippen MR) is 128 cm³/mol. The highest BCUT2D eigenvalue weighted by Gasteiger charge is 2.51. The summed E-state index contributed by atoms with van der Waals surface area (Å²) in [6.07, 6.45) is 5.47. The summed E-state index contributed by atoms with van der Waals surface area (Å²) >= 11 is 3.50. The molecule has 1 aliphatic heterocycles. The monoisotopic (exact) mass is 483 g/mol. The van der Waals surface area contributed by atoms with Crippen molar-refractivity contribution in [3.05, 3.63) is 58.6 Å². The van der Waals surface area contributed by atoms with Crippen LogP contribution >= 0.6 is 15.9 Å². The Morgan fingerprint density at radius 3 is 2.52 bits per heavy atom. The Morgan fingerprint density at radius 1 is 1.10 bits per heavy atom. The van der Waals surface area contributed by atoms with Crippen LogP contribution in [-0.4, -0.2) is 30.9 Å². The molecule has 1 saturated heterocycles. The van der Waals surface area contributed by atoms with Crippen LogP contribution in [0.2, 0.25) is 0 Å². The Kier molecular flexibility index (Phi) is 6.65. The van der Waals surface area contributed by atoms with E-state index in [0.717, 1.165) is 53.8 Å². The Balaban J connectivity index is 1.44. The van der Waals surface area contributed by atoms with Gasteiger partial charge in [0.15, 0.2) is 0 Å². The Labute approximate surface area is 192 Å². The van der Waals surface area contributed by atoms with Gasteiger partial charge in [-0.15, -0.1) is 0 Å². The number of halogens is 1. The van der Waals surface area contributed by atoms with Gasteiger partial charge in [0, 0.05) is 28.9 Å². The molecule has 31 heavy (non-hydrogen) atoms. The molecule has 1 atom stereocenters. The fourth-order valence-electron chi connectivity index (χ4n) is 4.40. The summed E-state index contributed by atoms with van der Waals surface area (Å²) in [5.41, 5.74) is 2.41. The number of nitrogens with one attached hydrogen (secondary N) is 2. The molecule has 6 heteroatoms. The fourth-order valence-corrected chi connectivity index (χ4v) is 4.80. The lowest BCUT2D eigenvalue weighted by atomic mass is 9.94. The molecular weight excluding hydrogens is 454 g/mol. The number of nitrogens with zero attached hydrogens (tertiary/aromatic N) is 1. The summed E-state index contributed by atoms with van der Waals surface area (Å²) in [7, 11) is 0. The zero-order valence-corrected chi connectivity index (χ0v) is 19.6. The van der Waals surface area contributed by atoms with Gasteiger partial charge < -0.3 is 15.5 Å². The lowest BCUT2D eigenvalue weighted by Gasteiger charge is -2.23. The number of benzene rings is 2. The van der Waals surface area contributed by atoms with Crippen LogP contribution in [0.5, 0.6) is 0 Å². The first-order valence-corrected chi connectivity index (χ1v) is 12.0. The van der Waals surface area contributed by atoms with Gasteiger partial charge >= 0.3 is 0 Å². The maximum atomic E-state index is 13.2. The van der Waals surface area contributed by atoms with Crippen LogP contribution in [0.4, 0.5) is 11.4 Å². The summed E-state index contributed by atoms with van der Waals surface area (Å²) in [5.74, 6) is -0.205. The van der Waals surface area contributed by atoms with Crippen molar-refractivity contribution < 1.29 is 9.59 Å². The third-order valence-electron chi connectivity index (χ3n) is 6.35. The molecule has 2 aromatic carbocycles. The van der Waals surface area contributed by atoms with Crippen molar-refractivity contribution in [3.8, 4) is 0 Å². The largest absolute Gasteiger partial charge is 0.371 e. The van der Waals surface area contributed by atoms with Crippen LogP contribution in [0.1, 0.15) is 51.0 Å². The molecule has 2 fully saturated rings. The highest BCUT2D eigenvalue weighted by molar-refractivity contribution is 9.10. The molecule has 1 heterocycles. The average molecular weight is 484 g/mol. The van der Waals surface area contributed by atoms with Crippen molar-refractivity contribution in [2.24, 2.45) is 0 Å². The minimum Gasteiger partial charge on any atom is -0.371 e. The lowest BCUT2D eigenvalue weighted by Crippen LogP contribution is -2.47. The average Bonchev–Trinajstić information content (AvgIpc) is 3.40. The van der Waals surface area contributed by atoms with Gasteiger partial charge in [0.25, 0.3) is 0 Å². The Morgan fingerprint density at radius 2 is 1.84 bits per heavy atom. The molecule has 164 valence electrons. The molecular formula is C25H30BrN3O2. The standard InChI is InChI=1S/C25H30BrN3O2/c1-2-7-22(28-24(31)25(12-13-25)18-8-5-9-19(26)16-18)23(30)27-20-10-6-11-21(17-20)29-14-3-4-15-29/h5-6,8-11,16-17,22H,2-4,7,12-15H2,1H3,(H,27,30)(H,28,31). The zero-order valence-electron chi connectivity index (χ0n) is 18.0. The van der Waals surface area contributed by atoms with Crippen molar-refractivity contribution in [3.63, 3.8) is 0 Å². The minimum absolute atomic E-state index is 0.0509. The lowest BCUT2D eigenvalue weighted by molar-refractivity contribution is -0.128. The van der Waals surface area contributed by atoms with E-state index in [0.29, 0.717) is 6.42 Å². The van der Waals surface area contributed by atoms with E-state index < -0.39 is 11.5 Å². The SMILES string of the molecule is CCCC(NC(=O)C1(c2cccc(Br)c2)CC1)C(=O)Nc1cccc(N2CCCC2)c1. The van der Waals surface area contributed by atoms with Crippen LogP contribution < -0.4 is 15.5 Å². The Bertz CT molecular complexity index is 951. The smallest absolute Gasteiger partial charge is 0.246 e. The third kappa shape index (κ3) is 4.95. The van der Waals surface area contributed by atoms with Crippen LogP contribution in [-0.2, 0) is 15.0 Å². The van der Waals surface area contributed by atoms with Gasteiger partial charge in [-0.2, -0.15) is 0 Å². The summed E-state index contributed by atoms with van der Waals surface area (Å²) < 4.78 is 0.963. The predicted octanol–water partition coefficient (Wildman–Crippen LogP) is 5.00. The molecule has 1 aliphatic carbocycles. The van der Waals surface area contributed by atoms with Crippen molar-refractivity contribution in [1.82, 2.24) is 5.32 Å². The number of anilines is 2. The highest BCUT2D eigenvalue weighted by Crippen LogP contribution is 2.49. The first-order valence-electron chi connectivity index (χ1n) is 11.2. The molecule has 2 N–H and O–H groups in total. The minimum atomic E-state index is -0.544. The number of hydrogen-bond acceptors (Lipinski definition) is 3. The molecule has 5 nitrogen and oxygen atoms in total. The highest BCUT2D eigenvalue weighted by atomic mass is 79.9. The zero-order chi connectivity index (χ0) is 21.8. The van der Waals surface area contributed by atoms with Crippen LogP contribution in [0.15, 0.2) is 53.0 Å². The molecule has 1 unspecified atom stereocenters. The third-order valence-corrected chi connectivity index (χ3v) is 6.84. The van der Waals surface area contributed by atoms with Gasteiger partial charge in [-0.3, -0.25) is 9.59 Å². The second-order valence-corrected chi connectivity index (χ2v) is 9.56. The van der Waals surface area contributed by atoms with E-state index in [1.165, 1.54) is 12.8 Å². The normalized spacial score (nSPS) is 17.8. The number of hydrogen-bond donors (Lipinski definition) is 2. The fraction of sp³-hybridized carbons (Fsp3) is 0.440. The van der Waals surface area contributed by atoms with E-state index in [1.54, 1.807) is 0 Å². The quantitative estimate of drug-likeness (QED) is 0.554. The van der Waals surface area contributed by atoms with E-state index in [1.807, 2.05) is 49.4 Å². The molecule has 0 radical (unpaired) electrons.